The fourth-order valence-corrected chi connectivity index (χ4v) is 1.77. The Morgan fingerprint density at radius 1 is 1.17 bits per heavy atom. The van der Waals surface area contributed by atoms with Crippen molar-refractivity contribution in [1.29, 1.82) is 0 Å². The van der Waals surface area contributed by atoms with Gasteiger partial charge >= 0.3 is 0 Å². The van der Waals surface area contributed by atoms with E-state index < -0.39 is 6.04 Å². The van der Waals surface area contributed by atoms with Gasteiger partial charge in [0.15, 0.2) is 0 Å². The molecule has 132 valence electrons. The summed E-state index contributed by atoms with van der Waals surface area (Å²) in [6.07, 6.45) is 3.45. The van der Waals surface area contributed by atoms with Crippen LogP contribution in [0, 0.1) is 0 Å². The lowest BCUT2D eigenvalue weighted by Crippen LogP contribution is -2.39. The zero-order chi connectivity index (χ0) is 15.8. The van der Waals surface area contributed by atoms with Crippen molar-refractivity contribution in [2.75, 3.05) is 19.0 Å². The number of ether oxygens (including phenoxy) is 2. The molecule has 1 aromatic heterocycles. The summed E-state index contributed by atoms with van der Waals surface area (Å²) in [6.45, 7) is 0.645. The number of rotatable bonds is 7. The minimum atomic E-state index is -0.687. The van der Waals surface area contributed by atoms with Crippen molar-refractivity contribution >= 4 is 36.4 Å². The average Bonchev–Trinajstić information content (AvgIpc) is 2.55. The first-order valence-corrected chi connectivity index (χ1v) is 6.86. The van der Waals surface area contributed by atoms with Crippen molar-refractivity contribution in [3.05, 3.63) is 54.4 Å². The summed E-state index contributed by atoms with van der Waals surface area (Å²) in [5.74, 6) is 0.434. The van der Waals surface area contributed by atoms with E-state index in [-0.39, 0.29) is 37.3 Å². The number of nitrogens with one attached hydrogen (secondary N) is 1. The topological polar surface area (TPSA) is 86.5 Å². The van der Waals surface area contributed by atoms with Crippen molar-refractivity contribution in [3.8, 4) is 5.75 Å². The fraction of sp³-hybridized carbons (Fsp3) is 0.250. The second-order valence-corrected chi connectivity index (χ2v) is 4.72. The molecule has 0 spiro atoms. The lowest BCUT2D eigenvalue weighted by molar-refractivity contribution is -0.118. The number of anilines is 1. The minimum absolute atomic E-state index is 0. The number of nitrogens with zero attached hydrogens (tertiary/aromatic N) is 1. The number of amides is 1. The van der Waals surface area contributed by atoms with Gasteiger partial charge in [-0.15, -0.1) is 24.8 Å². The Kier molecular flexibility index (Phi) is 10.7. The van der Waals surface area contributed by atoms with E-state index >= 15 is 0 Å². The van der Waals surface area contributed by atoms with Crippen LogP contribution < -0.4 is 15.8 Å². The number of hydrogen-bond acceptors (Lipinski definition) is 5. The van der Waals surface area contributed by atoms with Gasteiger partial charge in [0.05, 0.1) is 6.61 Å². The Morgan fingerprint density at radius 3 is 2.38 bits per heavy atom. The molecule has 0 aliphatic carbocycles. The standard InChI is InChI=1S/C16H19N3O3.2ClH/c1-21-11-15(17)16(20)19-13-2-4-14(5-3-13)22-10-12-6-8-18-9-7-12;;/h2-9,15H,10-11,17H2,1H3,(H,19,20);2*1H. The van der Waals surface area contributed by atoms with Crippen LogP contribution in [0.4, 0.5) is 5.69 Å². The van der Waals surface area contributed by atoms with Crippen LogP contribution in [0.5, 0.6) is 5.75 Å². The van der Waals surface area contributed by atoms with E-state index in [1.54, 1.807) is 36.7 Å². The van der Waals surface area contributed by atoms with Crippen molar-refractivity contribution in [2.45, 2.75) is 12.6 Å². The summed E-state index contributed by atoms with van der Waals surface area (Å²) < 4.78 is 10.5. The van der Waals surface area contributed by atoms with Gasteiger partial charge in [-0.25, -0.2) is 0 Å². The summed E-state index contributed by atoms with van der Waals surface area (Å²) in [6, 6.07) is 10.2. The van der Waals surface area contributed by atoms with Crippen LogP contribution in [-0.4, -0.2) is 30.6 Å². The first kappa shape index (κ1) is 22.1. The van der Waals surface area contributed by atoms with Gasteiger partial charge in [0.25, 0.3) is 0 Å². The van der Waals surface area contributed by atoms with Crippen LogP contribution in [0.3, 0.4) is 0 Å². The van der Waals surface area contributed by atoms with Crippen LogP contribution in [0.15, 0.2) is 48.8 Å². The molecule has 0 saturated heterocycles. The molecule has 8 heteroatoms. The highest BCUT2D eigenvalue weighted by atomic mass is 35.5. The molecular formula is C16H21Cl2N3O3. The van der Waals surface area contributed by atoms with Crippen LogP contribution in [-0.2, 0) is 16.1 Å². The van der Waals surface area contributed by atoms with Crippen molar-refractivity contribution in [2.24, 2.45) is 5.73 Å². The molecule has 24 heavy (non-hydrogen) atoms. The number of carbonyl (C=O) groups is 1. The van der Waals surface area contributed by atoms with Gasteiger partial charge in [-0.05, 0) is 42.0 Å². The predicted molar refractivity (Wildman–Crippen MR) is 98.0 cm³/mol. The van der Waals surface area contributed by atoms with E-state index in [1.807, 2.05) is 12.1 Å². The smallest absolute Gasteiger partial charge is 0.243 e. The highest BCUT2D eigenvalue weighted by Crippen LogP contribution is 2.17. The van der Waals surface area contributed by atoms with Gasteiger partial charge in [0, 0.05) is 25.2 Å². The van der Waals surface area contributed by atoms with Gasteiger partial charge in [-0.2, -0.15) is 0 Å². The van der Waals surface area contributed by atoms with Gasteiger partial charge in [0.1, 0.15) is 18.4 Å². The van der Waals surface area contributed by atoms with E-state index in [9.17, 15) is 4.79 Å². The Labute approximate surface area is 153 Å². The lowest BCUT2D eigenvalue weighted by Gasteiger charge is -2.12. The summed E-state index contributed by atoms with van der Waals surface area (Å²) in [5, 5.41) is 2.72. The van der Waals surface area contributed by atoms with E-state index in [0.29, 0.717) is 12.3 Å². The maximum atomic E-state index is 11.7. The normalized spacial score (nSPS) is 10.8. The third-order valence-corrected chi connectivity index (χ3v) is 2.96. The molecule has 2 rings (SSSR count). The quantitative estimate of drug-likeness (QED) is 0.777. The number of nitrogens with two attached hydrogens (primary N) is 1. The van der Waals surface area contributed by atoms with Gasteiger partial charge in [0.2, 0.25) is 5.91 Å². The van der Waals surface area contributed by atoms with Gasteiger partial charge in [-0.1, -0.05) is 0 Å². The molecule has 0 bridgehead atoms. The molecule has 6 nitrogen and oxygen atoms in total. The summed E-state index contributed by atoms with van der Waals surface area (Å²) in [5.41, 5.74) is 7.35. The molecule has 0 fully saturated rings. The number of carbonyl (C=O) groups excluding carboxylic acids is 1. The van der Waals surface area contributed by atoms with Gasteiger partial charge < -0.3 is 20.5 Å². The molecule has 3 N–H and O–H groups in total. The maximum absolute atomic E-state index is 11.7. The first-order valence-electron chi connectivity index (χ1n) is 6.86. The number of aromatic nitrogens is 1. The maximum Gasteiger partial charge on any atom is 0.243 e. The highest BCUT2D eigenvalue weighted by molar-refractivity contribution is 5.94. The van der Waals surface area contributed by atoms with Crippen LogP contribution in [0.25, 0.3) is 0 Å². The monoisotopic (exact) mass is 373 g/mol. The molecule has 1 aromatic carbocycles. The number of methoxy groups -OCH3 is 1. The Bertz CT molecular complexity index is 597. The molecule has 0 saturated carbocycles. The predicted octanol–water partition coefficient (Wildman–Crippen LogP) is 2.42. The third kappa shape index (κ3) is 7.14. The van der Waals surface area contributed by atoms with Crippen molar-refractivity contribution < 1.29 is 14.3 Å². The van der Waals surface area contributed by atoms with E-state index in [0.717, 1.165) is 11.3 Å². The second kappa shape index (κ2) is 11.6. The molecule has 1 unspecified atom stereocenters. The first-order chi connectivity index (χ1) is 10.7. The zero-order valence-electron chi connectivity index (χ0n) is 13.2. The molecule has 1 atom stereocenters. The Balaban J connectivity index is 0.00000264. The SMILES string of the molecule is COCC(N)C(=O)Nc1ccc(OCc2ccncc2)cc1.Cl.Cl. The summed E-state index contributed by atoms with van der Waals surface area (Å²) in [7, 11) is 1.50. The van der Waals surface area contributed by atoms with Crippen LogP contribution in [0.1, 0.15) is 5.56 Å². The number of hydrogen-bond donors (Lipinski definition) is 2. The van der Waals surface area contributed by atoms with Crippen molar-refractivity contribution in [3.63, 3.8) is 0 Å². The molecule has 1 amide bonds. The number of pyridine rings is 1. The molecule has 1 heterocycles. The number of benzene rings is 1. The van der Waals surface area contributed by atoms with Gasteiger partial charge in [-0.3, -0.25) is 9.78 Å². The van der Waals surface area contributed by atoms with E-state index in [4.69, 9.17) is 15.2 Å². The van der Waals surface area contributed by atoms with Crippen molar-refractivity contribution in [1.82, 2.24) is 4.98 Å². The second-order valence-electron chi connectivity index (χ2n) is 4.72. The Hall–Kier alpha value is -1.86. The highest BCUT2D eigenvalue weighted by Gasteiger charge is 2.12. The molecule has 2 aromatic rings. The zero-order valence-corrected chi connectivity index (χ0v) is 14.8. The Morgan fingerprint density at radius 2 is 1.79 bits per heavy atom. The van der Waals surface area contributed by atoms with Crippen LogP contribution in [0.2, 0.25) is 0 Å². The van der Waals surface area contributed by atoms with E-state index in [2.05, 4.69) is 10.3 Å². The molecule has 0 radical (unpaired) electrons. The van der Waals surface area contributed by atoms with E-state index in [1.165, 1.54) is 7.11 Å². The molecule has 0 aliphatic heterocycles. The third-order valence-electron chi connectivity index (χ3n) is 2.96. The largest absolute Gasteiger partial charge is 0.489 e. The fourth-order valence-electron chi connectivity index (χ4n) is 1.77. The lowest BCUT2D eigenvalue weighted by atomic mass is 10.2. The summed E-state index contributed by atoms with van der Waals surface area (Å²) in [4.78, 5) is 15.7. The molecule has 0 aliphatic rings. The number of halogens is 2. The van der Waals surface area contributed by atoms with Crippen LogP contribution >= 0.6 is 24.8 Å². The summed E-state index contributed by atoms with van der Waals surface area (Å²) >= 11 is 0. The molecular weight excluding hydrogens is 353 g/mol. The minimum Gasteiger partial charge on any atom is -0.489 e. The average molecular weight is 374 g/mol.